The van der Waals surface area contributed by atoms with E-state index in [-0.39, 0.29) is 12.5 Å². The van der Waals surface area contributed by atoms with Crippen LogP contribution in [0, 0.1) is 6.92 Å². The minimum absolute atomic E-state index is 0.0441. The van der Waals surface area contributed by atoms with Crippen molar-refractivity contribution in [2.24, 2.45) is 4.99 Å². The van der Waals surface area contributed by atoms with Gasteiger partial charge in [-0.2, -0.15) is 0 Å². The molecule has 0 heterocycles. The molecule has 2 rings (SSSR count). The number of aliphatic imine (C=N–C) groups is 1. The van der Waals surface area contributed by atoms with Crippen LogP contribution < -0.4 is 25.4 Å². The molecule has 0 aliphatic carbocycles. The number of hydrogen-bond acceptors (Lipinski definition) is 4. The second-order valence-corrected chi connectivity index (χ2v) is 7.35. The largest absolute Gasteiger partial charge is 0.493 e. The summed E-state index contributed by atoms with van der Waals surface area (Å²) in [5.74, 6) is 2.05. The van der Waals surface area contributed by atoms with Crippen molar-refractivity contribution in [3.05, 3.63) is 59.2 Å². The Morgan fingerprint density at radius 2 is 1.81 bits per heavy atom. The van der Waals surface area contributed by atoms with Crippen molar-refractivity contribution in [1.29, 1.82) is 0 Å². The molecule has 0 saturated heterocycles. The van der Waals surface area contributed by atoms with Crippen LogP contribution >= 0.6 is 0 Å². The third-order valence-corrected chi connectivity index (χ3v) is 4.87. The first-order valence-corrected chi connectivity index (χ1v) is 10.5. The number of hydrogen-bond donors (Lipinski definition) is 3. The number of carbonyl (C=O) groups is 1. The lowest BCUT2D eigenvalue weighted by Crippen LogP contribution is -2.38. The number of amides is 1. The summed E-state index contributed by atoms with van der Waals surface area (Å²) in [6.45, 7) is 8.03. The molecule has 0 spiro atoms. The van der Waals surface area contributed by atoms with Gasteiger partial charge < -0.3 is 25.4 Å². The lowest BCUT2D eigenvalue weighted by Gasteiger charge is -2.17. The summed E-state index contributed by atoms with van der Waals surface area (Å²) in [6.07, 6.45) is 0. The normalized spacial score (nSPS) is 12.1. The van der Waals surface area contributed by atoms with Gasteiger partial charge in [-0.05, 0) is 43.0 Å². The van der Waals surface area contributed by atoms with Crippen LogP contribution in [0.4, 0.5) is 0 Å². The van der Waals surface area contributed by atoms with E-state index in [4.69, 9.17) is 9.47 Å². The van der Waals surface area contributed by atoms with Crippen LogP contribution in [0.25, 0.3) is 0 Å². The lowest BCUT2D eigenvalue weighted by atomic mass is 10.0. The van der Waals surface area contributed by atoms with E-state index in [1.165, 1.54) is 11.1 Å². The van der Waals surface area contributed by atoms with Gasteiger partial charge in [0.05, 0.1) is 7.11 Å². The van der Waals surface area contributed by atoms with E-state index >= 15 is 0 Å². The number of likely N-dealkylation sites (N-methyl/N-ethyl adjacent to an activating group) is 1. The maximum Gasteiger partial charge on any atom is 0.257 e. The van der Waals surface area contributed by atoms with Crippen LogP contribution in [0.15, 0.2) is 47.5 Å². The molecule has 0 bridgehead atoms. The summed E-state index contributed by atoms with van der Waals surface area (Å²) < 4.78 is 11.0. The fourth-order valence-corrected chi connectivity index (χ4v) is 3.00. The number of aryl methyl sites for hydroxylation is 1. The zero-order valence-electron chi connectivity index (χ0n) is 19.1. The van der Waals surface area contributed by atoms with Gasteiger partial charge in [0.25, 0.3) is 5.91 Å². The summed E-state index contributed by atoms with van der Waals surface area (Å²) in [7, 11) is 3.34. The van der Waals surface area contributed by atoms with Crippen LogP contribution in [-0.4, -0.2) is 45.7 Å². The predicted octanol–water partition coefficient (Wildman–Crippen LogP) is 2.99. The molecule has 7 nitrogen and oxygen atoms in total. The topological polar surface area (TPSA) is 84.0 Å². The number of rotatable bonds is 10. The van der Waals surface area contributed by atoms with E-state index in [2.05, 4.69) is 59.1 Å². The number of benzene rings is 2. The summed E-state index contributed by atoms with van der Waals surface area (Å²) >= 11 is 0. The van der Waals surface area contributed by atoms with Crippen molar-refractivity contribution in [2.75, 3.05) is 33.9 Å². The third-order valence-electron chi connectivity index (χ3n) is 4.87. The maximum atomic E-state index is 11.6. The first-order chi connectivity index (χ1) is 15.0. The highest BCUT2D eigenvalue weighted by Crippen LogP contribution is 2.28. The molecule has 1 unspecified atom stereocenters. The molecule has 7 heteroatoms. The van der Waals surface area contributed by atoms with Crippen molar-refractivity contribution in [3.63, 3.8) is 0 Å². The van der Waals surface area contributed by atoms with Crippen molar-refractivity contribution < 1.29 is 14.3 Å². The summed E-state index contributed by atoms with van der Waals surface area (Å²) in [6, 6.07) is 14.2. The molecule has 0 aromatic heterocycles. The zero-order chi connectivity index (χ0) is 22.6. The smallest absolute Gasteiger partial charge is 0.257 e. The third kappa shape index (κ3) is 7.85. The first-order valence-electron chi connectivity index (χ1n) is 10.5. The molecule has 1 amide bonds. The van der Waals surface area contributed by atoms with Gasteiger partial charge in [-0.3, -0.25) is 9.79 Å². The van der Waals surface area contributed by atoms with Crippen LogP contribution in [0.3, 0.4) is 0 Å². The van der Waals surface area contributed by atoms with Crippen LogP contribution in [0.1, 0.15) is 36.5 Å². The number of carbonyl (C=O) groups excluding carboxylic acids is 1. The van der Waals surface area contributed by atoms with E-state index in [0.29, 0.717) is 30.5 Å². The fourth-order valence-electron chi connectivity index (χ4n) is 3.00. The highest BCUT2D eigenvalue weighted by atomic mass is 16.5. The van der Waals surface area contributed by atoms with Gasteiger partial charge in [-0.15, -0.1) is 0 Å². The lowest BCUT2D eigenvalue weighted by molar-refractivity contribution is -0.123. The molecule has 1 atom stereocenters. The SMILES string of the molecule is CCNC(=O)COc1ccc(CNC(=NC)NCC(C)c2ccc(C)cc2)cc1OC. The van der Waals surface area contributed by atoms with Gasteiger partial charge in [-0.1, -0.05) is 42.8 Å². The second-order valence-electron chi connectivity index (χ2n) is 7.35. The number of methoxy groups -OCH3 is 1. The second kappa shape index (κ2) is 12.5. The Labute approximate surface area is 185 Å². The molecule has 0 saturated carbocycles. The van der Waals surface area contributed by atoms with Gasteiger partial charge in [0.2, 0.25) is 0 Å². The fraction of sp³-hybridized carbons (Fsp3) is 0.417. The maximum absolute atomic E-state index is 11.6. The van der Waals surface area contributed by atoms with Gasteiger partial charge >= 0.3 is 0 Å². The Hall–Kier alpha value is -3.22. The van der Waals surface area contributed by atoms with E-state index in [1.807, 2.05) is 25.1 Å². The Morgan fingerprint density at radius 1 is 1.06 bits per heavy atom. The Kier molecular flexibility index (Phi) is 9.68. The zero-order valence-corrected chi connectivity index (χ0v) is 19.1. The molecule has 0 aliphatic heterocycles. The highest BCUT2D eigenvalue weighted by molar-refractivity contribution is 5.79. The number of nitrogens with one attached hydrogen (secondary N) is 3. The Bertz CT molecular complexity index is 866. The van der Waals surface area contributed by atoms with E-state index in [9.17, 15) is 4.79 Å². The van der Waals surface area contributed by atoms with Crippen molar-refractivity contribution in [2.45, 2.75) is 33.2 Å². The summed E-state index contributed by atoms with van der Waals surface area (Å²) in [5.41, 5.74) is 3.57. The Balaban J connectivity index is 1.88. The van der Waals surface area contributed by atoms with Crippen molar-refractivity contribution in [3.8, 4) is 11.5 Å². The molecular formula is C24H34N4O3. The predicted molar refractivity (Wildman–Crippen MR) is 125 cm³/mol. The summed E-state index contributed by atoms with van der Waals surface area (Å²) in [4.78, 5) is 15.9. The van der Waals surface area contributed by atoms with Crippen LogP contribution in [0.5, 0.6) is 11.5 Å². The van der Waals surface area contributed by atoms with E-state index < -0.39 is 0 Å². The van der Waals surface area contributed by atoms with E-state index in [0.717, 1.165) is 18.1 Å². The molecule has 3 N–H and O–H groups in total. The standard InChI is InChI=1S/C24H34N4O3/c1-6-26-23(29)16-31-21-12-9-19(13-22(21)30-5)15-28-24(25-4)27-14-18(3)20-10-7-17(2)8-11-20/h7-13,18H,6,14-16H2,1-5H3,(H,26,29)(H2,25,27,28). The Morgan fingerprint density at radius 3 is 2.45 bits per heavy atom. The first kappa shape index (κ1) is 24.1. The molecule has 31 heavy (non-hydrogen) atoms. The molecule has 2 aromatic carbocycles. The highest BCUT2D eigenvalue weighted by Gasteiger charge is 2.10. The van der Waals surface area contributed by atoms with Crippen molar-refractivity contribution >= 4 is 11.9 Å². The molecular weight excluding hydrogens is 392 g/mol. The minimum Gasteiger partial charge on any atom is -0.493 e. The molecule has 2 aromatic rings. The number of ether oxygens (including phenoxy) is 2. The average Bonchev–Trinajstić information content (AvgIpc) is 2.78. The van der Waals surface area contributed by atoms with Gasteiger partial charge in [0, 0.05) is 26.7 Å². The number of nitrogens with zero attached hydrogens (tertiary/aromatic N) is 1. The summed E-state index contributed by atoms with van der Waals surface area (Å²) in [5, 5.41) is 9.40. The molecule has 0 fully saturated rings. The quantitative estimate of drug-likeness (QED) is 0.402. The van der Waals surface area contributed by atoms with Gasteiger partial charge in [0.15, 0.2) is 24.1 Å². The average molecular weight is 427 g/mol. The minimum atomic E-state index is -0.162. The van der Waals surface area contributed by atoms with Crippen LogP contribution in [-0.2, 0) is 11.3 Å². The molecule has 0 radical (unpaired) electrons. The monoisotopic (exact) mass is 426 g/mol. The number of guanidine groups is 1. The van der Waals surface area contributed by atoms with Crippen LogP contribution in [0.2, 0.25) is 0 Å². The van der Waals surface area contributed by atoms with Gasteiger partial charge in [0.1, 0.15) is 0 Å². The molecule has 168 valence electrons. The molecule has 0 aliphatic rings. The van der Waals surface area contributed by atoms with Crippen molar-refractivity contribution in [1.82, 2.24) is 16.0 Å². The van der Waals surface area contributed by atoms with Gasteiger partial charge in [-0.25, -0.2) is 0 Å². The van der Waals surface area contributed by atoms with E-state index in [1.54, 1.807) is 14.2 Å².